The maximum absolute atomic E-state index is 5.20. The van der Waals surface area contributed by atoms with Crippen LogP contribution in [0.1, 0.15) is 87.2 Å². The molecule has 13 rings (SSSR count). The first-order chi connectivity index (χ1) is 33.7. The number of anilines is 6. The largest absolute Gasteiger partial charge is 0.279 e. The fourth-order valence-electron chi connectivity index (χ4n) is 11.8. The number of fused-ring (bicyclic) bond motifs is 6. The van der Waals surface area contributed by atoms with Crippen LogP contribution in [0.25, 0.3) is 64.6 Å². The molecule has 0 N–H and O–H groups in total. The Hall–Kier alpha value is -7.70. The van der Waals surface area contributed by atoms with Crippen LogP contribution >= 0.6 is 0 Å². The summed E-state index contributed by atoms with van der Waals surface area (Å²) in [6.45, 7) is 0. The molecule has 0 unspecified atom stereocenters. The number of pyridine rings is 4. The van der Waals surface area contributed by atoms with Crippen LogP contribution in [0.4, 0.5) is 34.6 Å². The Labute approximate surface area is 397 Å². The average Bonchev–Trinajstić information content (AvgIpc) is 3.40. The van der Waals surface area contributed by atoms with Crippen LogP contribution in [0.5, 0.6) is 0 Å². The van der Waals surface area contributed by atoms with Gasteiger partial charge < -0.3 is 0 Å². The van der Waals surface area contributed by atoms with Gasteiger partial charge in [0.2, 0.25) is 0 Å². The molecule has 68 heavy (non-hydrogen) atoms. The quantitative estimate of drug-likeness (QED) is 0.142. The van der Waals surface area contributed by atoms with Crippen molar-refractivity contribution in [3.63, 3.8) is 0 Å². The van der Waals surface area contributed by atoms with Gasteiger partial charge >= 0.3 is 0 Å². The van der Waals surface area contributed by atoms with Crippen molar-refractivity contribution in [2.45, 2.75) is 76.0 Å². The molecule has 2 aliphatic rings. The van der Waals surface area contributed by atoms with E-state index in [2.05, 4.69) is 168 Å². The zero-order chi connectivity index (χ0) is 45.0. The van der Waals surface area contributed by atoms with Gasteiger partial charge in [0.25, 0.3) is 0 Å². The molecule has 2 aliphatic carbocycles. The zero-order valence-corrected chi connectivity index (χ0v) is 38.2. The molecule has 4 heterocycles. The second-order valence-electron chi connectivity index (χ2n) is 19.2. The Morgan fingerprint density at radius 3 is 1.24 bits per heavy atom. The molecule has 2 fully saturated rings. The highest BCUT2D eigenvalue weighted by molar-refractivity contribution is 6.10. The summed E-state index contributed by atoms with van der Waals surface area (Å²) in [5.74, 6) is 4.31. The van der Waals surface area contributed by atoms with E-state index < -0.39 is 0 Å². The van der Waals surface area contributed by atoms with Crippen molar-refractivity contribution >= 4 is 99.3 Å². The van der Waals surface area contributed by atoms with E-state index in [4.69, 9.17) is 19.9 Å². The third kappa shape index (κ3) is 7.18. The van der Waals surface area contributed by atoms with Crippen molar-refractivity contribution in [1.29, 1.82) is 0 Å². The van der Waals surface area contributed by atoms with Crippen LogP contribution in [-0.4, -0.2) is 19.9 Å². The minimum atomic E-state index is 0.411. The lowest BCUT2D eigenvalue weighted by Gasteiger charge is -2.32. The molecular weight excluding hydrogens is 829 g/mol. The van der Waals surface area contributed by atoms with Crippen molar-refractivity contribution in [3.8, 4) is 0 Å². The summed E-state index contributed by atoms with van der Waals surface area (Å²) in [6.07, 6.45) is 20.3. The van der Waals surface area contributed by atoms with Gasteiger partial charge in [0, 0.05) is 57.7 Å². The lowest BCUT2D eigenvalue weighted by atomic mass is 9.74. The summed E-state index contributed by atoms with van der Waals surface area (Å²) < 4.78 is 0. The summed E-state index contributed by atoms with van der Waals surface area (Å²) in [5, 5.41) is 14.5. The van der Waals surface area contributed by atoms with Gasteiger partial charge in [-0.25, -0.2) is 19.9 Å². The summed E-state index contributed by atoms with van der Waals surface area (Å²) >= 11 is 0. The molecule has 7 aromatic carbocycles. The average molecular weight is 881 g/mol. The smallest absolute Gasteiger partial charge is 0.146 e. The fraction of sp³-hybridized carbons (Fsp3) is 0.194. The third-order valence-electron chi connectivity index (χ3n) is 15.1. The van der Waals surface area contributed by atoms with Crippen LogP contribution < -0.4 is 9.80 Å². The van der Waals surface area contributed by atoms with E-state index in [1.165, 1.54) is 96.9 Å². The molecule has 11 aromatic rings. The highest BCUT2D eigenvalue weighted by Crippen LogP contribution is 2.50. The summed E-state index contributed by atoms with van der Waals surface area (Å²) in [5.41, 5.74) is 5.10. The van der Waals surface area contributed by atoms with Crippen molar-refractivity contribution in [3.05, 3.63) is 194 Å². The van der Waals surface area contributed by atoms with Crippen LogP contribution in [-0.2, 0) is 0 Å². The van der Waals surface area contributed by atoms with Crippen molar-refractivity contribution < 1.29 is 0 Å². The zero-order valence-electron chi connectivity index (χ0n) is 38.2. The predicted octanol–water partition coefficient (Wildman–Crippen LogP) is 17.2. The Bertz CT molecular complexity index is 3620. The molecule has 330 valence electrons. The van der Waals surface area contributed by atoms with Crippen LogP contribution in [0, 0.1) is 0 Å². The molecule has 0 saturated heterocycles. The lowest BCUT2D eigenvalue weighted by Crippen LogP contribution is -2.15. The molecule has 0 spiro atoms. The van der Waals surface area contributed by atoms with E-state index >= 15 is 0 Å². The number of hydrogen-bond acceptors (Lipinski definition) is 6. The maximum Gasteiger partial charge on any atom is 0.146 e. The molecule has 6 heteroatoms. The molecule has 0 aliphatic heterocycles. The number of benzene rings is 7. The number of rotatable bonds is 8. The maximum atomic E-state index is 5.20. The molecule has 6 nitrogen and oxygen atoms in total. The number of hydrogen-bond donors (Lipinski definition) is 0. The van der Waals surface area contributed by atoms with Crippen molar-refractivity contribution in [2.24, 2.45) is 0 Å². The fourth-order valence-corrected chi connectivity index (χ4v) is 11.8. The molecule has 0 amide bonds. The van der Waals surface area contributed by atoms with Gasteiger partial charge in [-0.15, -0.1) is 0 Å². The van der Waals surface area contributed by atoms with E-state index in [-0.39, 0.29) is 0 Å². The van der Waals surface area contributed by atoms with E-state index in [9.17, 15) is 0 Å². The minimum Gasteiger partial charge on any atom is -0.279 e. The van der Waals surface area contributed by atoms with Gasteiger partial charge in [0.05, 0.1) is 0 Å². The van der Waals surface area contributed by atoms with Gasteiger partial charge in [-0.05, 0) is 140 Å². The molecule has 4 aromatic heterocycles. The summed E-state index contributed by atoms with van der Waals surface area (Å²) in [7, 11) is 0. The normalized spacial score (nSPS) is 14.9. The van der Waals surface area contributed by atoms with E-state index in [0.717, 1.165) is 77.7 Å². The monoisotopic (exact) mass is 880 g/mol. The Balaban J connectivity index is 1.10. The van der Waals surface area contributed by atoms with Gasteiger partial charge in [-0.1, -0.05) is 148 Å². The Kier molecular flexibility index (Phi) is 10.3. The standard InChI is InChI=1S/C62H52N6/c1-3-16-42(17-4-1)60-53-29-27-50(67(57-33-44-20-7-10-23-47(44)38-64-57)58-34-45-21-8-11-24-48(45)39-65-58)36-55(53)61(43-18-5-2-6-19-43)56-37-51(28-30-54(56)60)68(59-35-46-22-9-12-25-49(46)40-66-59)62-52-26-14-13-15-41(52)31-32-63-62/h7-15,20-40,42-43H,1-6,16-19H2. The van der Waals surface area contributed by atoms with Crippen molar-refractivity contribution in [1.82, 2.24) is 19.9 Å². The first-order valence-electron chi connectivity index (χ1n) is 24.7. The van der Waals surface area contributed by atoms with Gasteiger partial charge in [0.15, 0.2) is 0 Å². The van der Waals surface area contributed by atoms with E-state index in [0.29, 0.717) is 11.8 Å². The summed E-state index contributed by atoms with van der Waals surface area (Å²) in [6, 6.07) is 57.5. The number of nitrogens with zero attached hydrogens (tertiary/aromatic N) is 6. The first-order valence-corrected chi connectivity index (χ1v) is 24.7. The lowest BCUT2D eigenvalue weighted by molar-refractivity contribution is 0.445. The summed E-state index contributed by atoms with van der Waals surface area (Å²) in [4.78, 5) is 25.3. The van der Waals surface area contributed by atoms with E-state index in [1.54, 1.807) is 0 Å². The number of aromatic nitrogens is 4. The highest BCUT2D eigenvalue weighted by atomic mass is 15.2. The Morgan fingerprint density at radius 1 is 0.324 bits per heavy atom. The molecule has 2 saturated carbocycles. The van der Waals surface area contributed by atoms with Crippen molar-refractivity contribution in [2.75, 3.05) is 9.80 Å². The molecule has 0 bridgehead atoms. The van der Waals surface area contributed by atoms with E-state index in [1.807, 2.05) is 24.8 Å². The molecule has 0 radical (unpaired) electrons. The third-order valence-corrected chi connectivity index (χ3v) is 15.1. The molecule has 0 atom stereocenters. The topological polar surface area (TPSA) is 58.0 Å². The van der Waals surface area contributed by atoms with Gasteiger partial charge in [-0.3, -0.25) is 9.80 Å². The second-order valence-corrected chi connectivity index (χ2v) is 19.2. The van der Waals surface area contributed by atoms with Crippen LogP contribution in [0.15, 0.2) is 183 Å². The highest BCUT2D eigenvalue weighted by Gasteiger charge is 2.29. The van der Waals surface area contributed by atoms with Crippen LogP contribution in [0.2, 0.25) is 0 Å². The first kappa shape index (κ1) is 40.6. The molecular formula is C62H52N6. The Morgan fingerprint density at radius 2 is 0.735 bits per heavy atom. The van der Waals surface area contributed by atoms with Gasteiger partial charge in [0.1, 0.15) is 23.3 Å². The van der Waals surface area contributed by atoms with Gasteiger partial charge in [-0.2, -0.15) is 0 Å². The van der Waals surface area contributed by atoms with Crippen LogP contribution in [0.3, 0.4) is 0 Å². The second kappa shape index (κ2) is 17.2. The predicted molar refractivity (Wildman–Crippen MR) is 284 cm³/mol. The minimum absolute atomic E-state index is 0.411. The SMILES string of the molecule is c1ccc2cc(N(c3ccc4c(C5CCCCC5)c5ccc(N(c6cc7ccccc7cn6)c6nccc7ccccc67)cc5c(C5CCCCC5)c4c3)c3cc4ccccc4cn3)ncc2c1.